The Morgan fingerprint density at radius 3 is 2.33 bits per heavy atom. The van der Waals surface area contributed by atoms with Crippen LogP contribution in [-0.2, 0) is 0 Å². The minimum atomic E-state index is 0.383. The van der Waals surface area contributed by atoms with Gasteiger partial charge < -0.3 is 5.73 Å². The Labute approximate surface area is 114 Å². The standard InChI is InChI=1S/C16H34N2/c1-13(2)14-7-6-9-18(10-8-14)15(12-17)11-16(3,4)5/h13-15H,6-12,17H2,1-5H3. The summed E-state index contributed by atoms with van der Waals surface area (Å²) in [6, 6.07) is 0.580. The molecule has 0 aromatic carbocycles. The summed E-state index contributed by atoms with van der Waals surface area (Å²) in [5.74, 6) is 1.76. The monoisotopic (exact) mass is 254 g/mol. The molecule has 0 saturated carbocycles. The molecule has 2 N–H and O–H groups in total. The third-order valence-corrected chi connectivity index (χ3v) is 4.39. The highest BCUT2D eigenvalue weighted by atomic mass is 15.2. The fourth-order valence-corrected chi connectivity index (χ4v) is 3.24. The second-order valence-electron chi connectivity index (χ2n) is 7.63. The molecule has 0 aromatic rings. The van der Waals surface area contributed by atoms with Crippen LogP contribution in [0.2, 0.25) is 0 Å². The van der Waals surface area contributed by atoms with Crippen LogP contribution < -0.4 is 5.73 Å². The van der Waals surface area contributed by atoms with E-state index in [4.69, 9.17) is 5.73 Å². The van der Waals surface area contributed by atoms with Crippen molar-refractivity contribution in [3.05, 3.63) is 0 Å². The summed E-state index contributed by atoms with van der Waals surface area (Å²) in [7, 11) is 0. The van der Waals surface area contributed by atoms with E-state index in [1.54, 1.807) is 0 Å². The predicted octanol–water partition coefficient (Wildman–Crippen LogP) is 3.51. The lowest BCUT2D eigenvalue weighted by Gasteiger charge is -2.34. The molecular formula is C16H34N2. The molecule has 1 aliphatic rings. The lowest BCUT2D eigenvalue weighted by atomic mass is 9.87. The summed E-state index contributed by atoms with van der Waals surface area (Å²) >= 11 is 0. The molecule has 108 valence electrons. The number of nitrogens with two attached hydrogens (primary N) is 1. The molecule has 2 unspecified atom stereocenters. The summed E-state index contributed by atoms with van der Waals surface area (Å²) in [6.07, 6.45) is 5.33. The first kappa shape index (κ1) is 16.0. The van der Waals surface area contributed by atoms with Gasteiger partial charge in [-0.3, -0.25) is 4.90 Å². The van der Waals surface area contributed by atoms with E-state index >= 15 is 0 Å². The van der Waals surface area contributed by atoms with Gasteiger partial charge in [0.15, 0.2) is 0 Å². The van der Waals surface area contributed by atoms with Crippen molar-refractivity contribution >= 4 is 0 Å². The number of rotatable bonds is 4. The number of likely N-dealkylation sites (tertiary alicyclic amines) is 1. The molecule has 0 radical (unpaired) electrons. The van der Waals surface area contributed by atoms with E-state index in [0.717, 1.165) is 18.4 Å². The zero-order valence-electron chi connectivity index (χ0n) is 13.2. The van der Waals surface area contributed by atoms with E-state index in [9.17, 15) is 0 Å². The van der Waals surface area contributed by atoms with E-state index in [-0.39, 0.29) is 0 Å². The summed E-state index contributed by atoms with van der Waals surface area (Å²) in [4.78, 5) is 2.66. The van der Waals surface area contributed by atoms with E-state index in [0.29, 0.717) is 11.5 Å². The average Bonchev–Trinajstić information content (AvgIpc) is 2.50. The van der Waals surface area contributed by atoms with Crippen LogP contribution >= 0.6 is 0 Å². The third kappa shape index (κ3) is 5.27. The Morgan fingerprint density at radius 2 is 1.83 bits per heavy atom. The molecule has 1 saturated heterocycles. The second-order valence-corrected chi connectivity index (χ2v) is 7.63. The van der Waals surface area contributed by atoms with Crippen LogP contribution in [0.4, 0.5) is 0 Å². The van der Waals surface area contributed by atoms with Crippen molar-refractivity contribution in [2.75, 3.05) is 19.6 Å². The van der Waals surface area contributed by atoms with Crippen molar-refractivity contribution in [2.45, 2.75) is 66.3 Å². The first-order valence-electron chi connectivity index (χ1n) is 7.77. The maximum Gasteiger partial charge on any atom is 0.0223 e. The highest BCUT2D eigenvalue weighted by molar-refractivity contribution is 4.81. The molecule has 2 atom stereocenters. The van der Waals surface area contributed by atoms with Gasteiger partial charge in [-0.1, -0.05) is 34.6 Å². The molecule has 0 aromatic heterocycles. The van der Waals surface area contributed by atoms with E-state index < -0.39 is 0 Å². The van der Waals surface area contributed by atoms with Crippen LogP contribution in [0.15, 0.2) is 0 Å². The number of hydrogen-bond acceptors (Lipinski definition) is 2. The van der Waals surface area contributed by atoms with Gasteiger partial charge in [-0.2, -0.15) is 0 Å². The highest BCUT2D eigenvalue weighted by Crippen LogP contribution is 2.28. The Morgan fingerprint density at radius 1 is 1.17 bits per heavy atom. The van der Waals surface area contributed by atoms with Crippen molar-refractivity contribution in [3.63, 3.8) is 0 Å². The average molecular weight is 254 g/mol. The molecule has 1 aliphatic heterocycles. The summed E-state index contributed by atoms with van der Waals surface area (Å²) in [5.41, 5.74) is 6.40. The zero-order chi connectivity index (χ0) is 13.8. The van der Waals surface area contributed by atoms with Crippen molar-refractivity contribution in [1.82, 2.24) is 4.90 Å². The Balaban J connectivity index is 2.54. The van der Waals surface area contributed by atoms with Gasteiger partial charge in [0.1, 0.15) is 0 Å². The Hall–Kier alpha value is -0.0800. The predicted molar refractivity (Wildman–Crippen MR) is 80.7 cm³/mol. The molecule has 1 fully saturated rings. The minimum Gasteiger partial charge on any atom is -0.329 e. The first-order valence-corrected chi connectivity index (χ1v) is 7.77. The van der Waals surface area contributed by atoms with Gasteiger partial charge in [0, 0.05) is 12.6 Å². The topological polar surface area (TPSA) is 29.3 Å². The largest absolute Gasteiger partial charge is 0.329 e. The fourth-order valence-electron chi connectivity index (χ4n) is 3.24. The minimum absolute atomic E-state index is 0.383. The van der Waals surface area contributed by atoms with Crippen molar-refractivity contribution in [2.24, 2.45) is 23.0 Å². The molecule has 0 aliphatic carbocycles. The van der Waals surface area contributed by atoms with Gasteiger partial charge >= 0.3 is 0 Å². The van der Waals surface area contributed by atoms with Crippen molar-refractivity contribution in [3.8, 4) is 0 Å². The lowest BCUT2D eigenvalue weighted by molar-refractivity contribution is 0.154. The SMILES string of the molecule is CC(C)C1CCCN(C(CN)CC(C)(C)C)CC1. The molecule has 18 heavy (non-hydrogen) atoms. The molecular weight excluding hydrogens is 220 g/mol. The van der Waals surface area contributed by atoms with Crippen LogP contribution in [0.5, 0.6) is 0 Å². The van der Waals surface area contributed by atoms with Gasteiger partial charge in [0.25, 0.3) is 0 Å². The van der Waals surface area contributed by atoms with Gasteiger partial charge in [-0.25, -0.2) is 0 Å². The third-order valence-electron chi connectivity index (χ3n) is 4.39. The fraction of sp³-hybridized carbons (Fsp3) is 1.00. The van der Waals surface area contributed by atoms with Crippen molar-refractivity contribution in [1.29, 1.82) is 0 Å². The molecule has 2 nitrogen and oxygen atoms in total. The molecule has 0 spiro atoms. The van der Waals surface area contributed by atoms with E-state index in [2.05, 4.69) is 39.5 Å². The highest BCUT2D eigenvalue weighted by Gasteiger charge is 2.26. The zero-order valence-corrected chi connectivity index (χ0v) is 13.2. The first-order chi connectivity index (χ1) is 8.33. The number of nitrogens with zero attached hydrogens (tertiary/aromatic N) is 1. The van der Waals surface area contributed by atoms with Gasteiger partial charge in [0.2, 0.25) is 0 Å². The normalized spacial score (nSPS) is 25.2. The summed E-state index contributed by atoms with van der Waals surface area (Å²) in [6.45, 7) is 15.0. The van der Waals surface area contributed by atoms with Crippen molar-refractivity contribution < 1.29 is 0 Å². The molecule has 2 heteroatoms. The Kier molecular flexibility index (Phi) is 6.13. The quantitative estimate of drug-likeness (QED) is 0.832. The van der Waals surface area contributed by atoms with Crippen LogP contribution in [-0.4, -0.2) is 30.6 Å². The van der Waals surface area contributed by atoms with Crippen LogP contribution in [0.3, 0.4) is 0 Å². The lowest BCUT2D eigenvalue weighted by Crippen LogP contribution is -2.43. The molecule has 0 bridgehead atoms. The van der Waals surface area contributed by atoms with Crippen LogP contribution in [0, 0.1) is 17.3 Å². The van der Waals surface area contributed by atoms with E-state index in [1.165, 1.54) is 38.8 Å². The van der Waals surface area contributed by atoms with E-state index in [1.807, 2.05) is 0 Å². The van der Waals surface area contributed by atoms with Crippen LogP contribution in [0.1, 0.15) is 60.3 Å². The Bertz CT molecular complexity index is 230. The number of hydrogen-bond donors (Lipinski definition) is 1. The molecule has 0 amide bonds. The maximum absolute atomic E-state index is 6.01. The second kappa shape index (κ2) is 6.91. The van der Waals surface area contributed by atoms with Crippen LogP contribution in [0.25, 0.3) is 0 Å². The smallest absolute Gasteiger partial charge is 0.0223 e. The van der Waals surface area contributed by atoms with Gasteiger partial charge in [0.05, 0.1) is 0 Å². The van der Waals surface area contributed by atoms with Gasteiger partial charge in [-0.15, -0.1) is 0 Å². The molecule has 1 heterocycles. The summed E-state index contributed by atoms with van der Waals surface area (Å²) in [5, 5.41) is 0. The summed E-state index contributed by atoms with van der Waals surface area (Å²) < 4.78 is 0. The van der Waals surface area contributed by atoms with Gasteiger partial charge in [-0.05, 0) is 56.0 Å². The molecule has 1 rings (SSSR count). The maximum atomic E-state index is 6.01.